The fourth-order valence-electron chi connectivity index (χ4n) is 3.19. The van der Waals surface area contributed by atoms with Crippen molar-refractivity contribution in [3.05, 3.63) is 76.7 Å². The Labute approximate surface area is 162 Å². The van der Waals surface area contributed by atoms with Crippen molar-refractivity contribution in [1.82, 2.24) is 15.3 Å². The van der Waals surface area contributed by atoms with Crippen LogP contribution in [0.1, 0.15) is 10.4 Å². The van der Waals surface area contributed by atoms with Crippen LogP contribution >= 0.6 is 0 Å². The second-order valence-corrected chi connectivity index (χ2v) is 6.57. The molecule has 1 aliphatic heterocycles. The lowest BCUT2D eigenvalue weighted by Gasteiger charge is -2.29. The van der Waals surface area contributed by atoms with Crippen LogP contribution in [0.5, 0.6) is 0 Å². The molecule has 3 N–H and O–H groups in total. The number of piperazine rings is 1. The van der Waals surface area contributed by atoms with Crippen LogP contribution < -0.4 is 21.1 Å². The van der Waals surface area contributed by atoms with Gasteiger partial charge in [0.15, 0.2) is 0 Å². The Hall–Kier alpha value is -3.45. The van der Waals surface area contributed by atoms with E-state index in [1.165, 1.54) is 6.07 Å². The molecular weight excluding hydrogens is 354 g/mol. The summed E-state index contributed by atoms with van der Waals surface area (Å²) in [5.41, 5.74) is 2.19. The summed E-state index contributed by atoms with van der Waals surface area (Å²) in [6.07, 6.45) is 1.74. The van der Waals surface area contributed by atoms with Gasteiger partial charge in [-0.1, -0.05) is 30.3 Å². The first-order chi connectivity index (χ1) is 13.7. The zero-order valence-corrected chi connectivity index (χ0v) is 15.3. The van der Waals surface area contributed by atoms with Gasteiger partial charge in [0.05, 0.1) is 11.9 Å². The van der Waals surface area contributed by atoms with Gasteiger partial charge >= 0.3 is 0 Å². The molecule has 0 aliphatic carbocycles. The summed E-state index contributed by atoms with van der Waals surface area (Å²) in [5, 5.41) is 6.00. The van der Waals surface area contributed by atoms with Crippen molar-refractivity contribution in [3.63, 3.8) is 0 Å². The first kappa shape index (κ1) is 17.9. The number of aromatic nitrogens is 2. The van der Waals surface area contributed by atoms with Crippen LogP contribution in [0.4, 0.5) is 11.5 Å². The standard InChI is InChI=1S/C21H21N5O2/c27-20-17(7-8-18(24-20)15-4-2-1-3-5-15)21(28)25-19-9-6-16(14-23-19)26-12-10-22-11-13-26/h1-9,14,22H,10-13H2,(H,24,27)(H,23,25,28). The van der Waals surface area contributed by atoms with Crippen molar-refractivity contribution in [1.29, 1.82) is 0 Å². The Bertz CT molecular complexity index is 1010. The third-order valence-electron chi connectivity index (χ3n) is 4.71. The maximum atomic E-state index is 12.5. The summed E-state index contributed by atoms with van der Waals surface area (Å²) in [5.74, 6) is -0.0706. The zero-order chi connectivity index (χ0) is 19.3. The van der Waals surface area contributed by atoms with E-state index < -0.39 is 11.5 Å². The van der Waals surface area contributed by atoms with Crippen LogP contribution in [0.15, 0.2) is 65.6 Å². The molecule has 1 amide bonds. The second-order valence-electron chi connectivity index (χ2n) is 6.57. The van der Waals surface area contributed by atoms with Gasteiger partial charge in [-0.25, -0.2) is 4.98 Å². The van der Waals surface area contributed by atoms with Gasteiger partial charge in [0.2, 0.25) is 0 Å². The normalized spacial score (nSPS) is 13.9. The minimum absolute atomic E-state index is 0.0488. The molecular formula is C21H21N5O2. The van der Waals surface area contributed by atoms with E-state index in [1.807, 2.05) is 36.4 Å². The number of benzene rings is 1. The molecule has 0 saturated carbocycles. The molecule has 1 aliphatic rings. The van der Waals surface area contributed by atoms with Gasteiger partial charge in [-0.2, -0.15) is 0 Å². The summed E-state index contributed by atoms with van der Waals surface area (Å²) in [6, 6.07) is 16.4. The van der Waals surface area contributed by atoms with Crippen molar-refractivity contribution in [2.75, 3.05) is 36.4 Å². The van der Waals surface area contributed by atoms with Crippen LogP contribution in [-0.4, -0.2) is 42.1 Å². The number of carbonyl (C=O) groups excluding carboxylic acids is 1. The topological polar surface area (TPSA) is 90.1 Å². The lowest BCUT2D eigenvalue weighted by molar-refractivity contribution is 0.102. The molecule has 1 fully saturated rings. The molecule has 7 nitrogen and oxygen atoms in total. The molecule has 0 bridgehead atoms. The molecule has 0 spiro atoms. The number of aromatic amines is 1. The number of amides is 1. The van der Waals surface area contributed by atoms with E-state index in [-0.39, 0.29) is 5.56 Å². The molecule has 3 aromatic rings. The highest BCUT2D eigenvalue weighted by molar-refractivity contribution is 6.03. The molecule has 3 heterocycles. The zero-order valence-electron chi connectivity index (χ0n) is 15.3. The molecule has 7 heteroatoms. The van der Waals surface area contributed by atoms with Crippen molar-refractivity contribution >= 4 is 17.4 Å². The lowest BCUT2D eigenvalue weighted by Crippen LogP contribution is -2.43. The van der Waals surface area contributed by atoms with E-state index in [1.54, 1.807) is 18.3 Å². The first-order valence-corrected chi connectivity index (χ1v) is 9.22. The Kier molecular flexibility index (Phi) is 5.16. The van der Waals surface area contributed by atoms with Gasteiger partial charge in [0, 0.05) is 31.9 Å². The minimum atomic E-state index is -0.483. The summed E-state index contributed by atoms with van der Waals surface area (Å²) in [6.45, 7) is 3.74. The molecule has 28 heavy (non-hydrogen) atoms. The van der Waals surface area contributed by atoms with Crippen LogP contribution in [0.2, 0.25) is 0 Å². The van der Waals surface area contributed by atoms with Crippen LogP contribution in [0.25, 0.3) is 11.3 Å². The van der Waals surface area contributed by atoms with Crippen molar-refractivity contribution in [2.45, 2.75) is 0 Å². The highest BCUT2D eigenvalue weighted by Gasteiger charge is 2.14. The molecule has 4 rings (SSSR count). The monoisotopic (exact) mass is 375 g/mol. The third-order valence-corrected chi connectivity index (χ3v) is 4.71. The molecule has 142 valence electrons. The number of carbonyl (C=O) groups is 1. The number of H-pyrrole nitrogens is 1. The lowest BCUT2D eigenvalue weighted by atomic mass is 10.1. The van der Waals surface area contributed by atoms with Crippen molar-refractivity contribution < 1.29 is 4.79 Å². The summed E-state index contributed by atoms with van der Waals surface area (Å²) >= 11 is 0. The van der Waals surface area contributed by atoms with Crippen molar-refractivity contribution in [3.8, 4) is 11.3 Å². The number of pyridine rings is 2. The van der Waals surface area contributed by atoms with Crippen LogP contribution in [0.3, 0.4) is 0 Å². The Balaban J connectivity index is 1.47. The van der Waals surface area contributed by atoms with E-state index in [0.29, 0.717) is 11.5 Å². The summed E-state index contributed by atoms with van der Waals surface area (Å²) in [7, 11) is 0. The largest absolute Gasteiger partial charge is 0.368 e. The van der Waals surface area contributed by atoms with E-state index in [0.717, 1.165) is 37.4 Å². The van der Waals surface area contributed by atoms with Crippen molar-refractivity contribution in [2.24, 2.45) is 0 Å². The summed E-state index contributed by atoms with van der Waals surface area (Å²) < 4.78 is 0. The highest BCUT2D eigenvalue weighted by atomic mass is 16.2. The number of hydrogen-bond acceptors (Lipinski definition) is 5. The maximum Gasteiger partial charge on any atom is 0.262 e. The van der Waals surface area contributed by atoms with Gasteiger partial charge in [0.1, 0.15) is 11.4 Å². The van der Waals surface area contributed by atoms with E-state index >= 15 is 0 Å². The third kappa shape index (κ3) is 3.94. The maximum absolute atomic E-state index is 12.5. The molecule has 0 radical (unpaired) electrons. The van der Waals surface area contributed by atoms with Gasteiger partial charge in [-0.3, -0.25) is 9.59 Å². The predicted octanol–water partition coefficient (Wildman–Crippen LogP) is 2.10. The predicted molar refractivity (Wildman–Crippen MR) is 110 cm³/mol. The molecule has 0 unspecified atom stereocenters. The average Bonchev–Trinajstić information content (AvgIpc) is 2.75. The van der Waals surface area contributed by atoms with Gasteiger partial charge < -0.3 is 20.5 Å². The number of hydrogen-bond donors (Lipinski definition) is 3. The van der Waals surface area contributed by atoms with E-state index in [2.05, 4.69) is 25.5 Å². The highest BCUT2D eigenvalue weighted by Crippen LogP contribution is 2.17. The Morgan fingerprint density at radius 1 is 1.00 bits per heavy atom. The van der Waals surface area contributed by atoms with Crippen LogP contribution in [-0.2, 0) is 0 Å². The molecule has 1 aromatic carbocycles. The van der Waals surface area contributed by atoms with Crippen LogP contribution in [0, 0.1) is 0 Å². The smallest absolute Gasteiger partial charge is 0.262 e. The quantitative estimate of drug-likeness (QED) is 0.650. The number of anilines is 2. The summed E-state index contributed by atoms with van der Waals surface area (Å²) in [4.78, 5) is 34.1. The Morgan fingerprint density at radius 3 is 2.46 bits per heavy atom. The van der Waals surface area contributed by atoms with Gasteiger partial charge in [-0.15, -0.1) is 0 Å². The molecule has 2 aromatic heterocycles. The fourth-order valence-corrected chi connectivity index (χ4v) is 3.19. The van der Waals surface area contributed by atoms with Gasteiger partial charge in [0.25, 0.3) is 11.5 Å². The molecule has 1 saturated heterocycles. The average molecular weight is 375 g/mol. The number of nitrogens with one attached hydrogen (secondary N) is 3. The number of nitrogens with zero attached hydrogens (tertiary/aromatic N) is 2. The van der Waals surface area contributed by atoms with Gasteiger partial charge in [-0.05, 0) is 29.8 Å². The molecule has 0 atom stereocenters. The van der Waals surface area contributed by atoms with E-state index in [9.17, 15) is 9.59 Å². The van der Waals surface area contributed by atoms with E-state index in [4.69, 9.17) is 0 Å². The SMILES string of the molecule is O=C(Nc1ccc(N2CCNCC2)cn1)c1ccc(-c2ccccc2)[nH]c1=O. The minimum Gasteiger partial charge on any atom is -0.368 e. The first-order valence-electron chi connectivity index (χ1n) is 9.22. The number of rotatable bonds is 4. The fraction of sp³-hybridized carbons (Fsp3) is 0.190. The Morgan fingerprint density at radius 2 is 1.79 bits per heavy atom. The second kappa shape index (κ2) is 8.06.